The molecule has 0 aliphatic heterocycles. The summed E-state index contributed by atoms with van der Waals surface area (Å²) in [5, 5.41) is 12.2. The summed E-state index contributed by atoms with van der Waals surface area (Å²) in [4.78, 5) is 12.1. The minimum atomic E-state index is -0.121. The lowest BCUT2D eigenvalue weighted by Crippen LogP contribution is -2.32. The average molecular weight is 262 g/mol. The Morgan fingerprint density at radius 3 is 2.89 bits per heavy atom. The van der Waals surface area contributed by atoms with Gasteiger partial charge in [-0.3, -0.25) is 4.79 Å². The molecule has 19 heavy (non-hydrogen) atoms. The highest BCUT2D eigenvalue weighted by molar-refractivity contribution is 5.99. The van der Waals surface area contributed by atoms with Crippen LogP contribution in [0.1, 0.15) is 35.2 Å². The molecule has 104 valence electrons. The largest absolute Gasteiger partial charge is 0.398 e. The Kier molecular flexibility index (Phi) is 4.43. The van der Waals surface area contributed by atoms with Crippen molar-refractivity contribution < 1.29 is 9.90 Å². The molecule has 4 nitrogen and oxygen atoms in total. The molecule has 4 heteroatoms. The van der Waals surface area contributed by atoms with E-state index in [0.29, 0.717) is 29.6 Å². The van der Waals surface area contributed by atoms with Crippen molar-refractivity contribution in [2.24, 2.45) is 11.8 Å². The van der Waals surface area contributed by atoms with Gasteiger partial charge in [-0.1, -0.05) is 18.1 Å². The van der Waals surface area contributed by atoms with Crippen molar-refractivity contribution in [2.45, 2.75) is 26.2 Å². The van der Waals surface area contributed by atoms with E-state index in [1.54, 1.807) is 6.07 Å². The first-order chi connectivity index (χ1) is 9.11. The zero-order chi connectivity index (χ0) is 13.8. The second-order valence-corrected chi connectivity index (χ2v) is 5.43. The Morgan fingerprint density at radius 1 is 1.42 bits per heavy atom. The van der Waals surface area contributed by atoms with Gasteiger partial charge in [-0.15, -0.1) is 0 Å². The molecule has 1 aromatic rings. The van der Waals surface area contributed by atoms with Gasteiger partial charge < -0.3 is 16.2 Å². The molecular weight excluding hydrogens is 240 g/mol. The first kappa shape index (κ1) is 13.9. The first-order valence-electron chi connectivity index (χ1n) is 6.87. The molecule has 2 rings (SSSR count). The maximum Gasteiger partial charge on any atom is 0.253 e. The quantitative estimate of drug-likeness (QED) is 0.723. The lowest BCUT2D eigenvalue weighted by molar-refractivity contribution is 0.0938. The molecule has 1 aromatic carbocycles. The molecule has 2 atom stereocenters. The van der Waals surface area contributed by atoms with E-state index in [0.717, 1.165) is 24.8 Å². The van der Waals surface area contributed by atoms with Crippen LogP contribution >= 0.6 is 0 Å². The smallest absolute Gasteiger partial charge is 0.253 e. The summed E-state index contributed by atoms with van der Waals surface area (Å²) >= 11 is 0. The van der Waals surface area contributed by atoms with Crippen molar-refractivity contribution in [3.8, 4) is 0 Å². The summed E-state index contributed by atoms with van der Waals surface area (Å²) in [5.74, 6) is 0.597. The van der Waals surface area contributed by atoms with E-state index in [4.69, 9.17) is 5.73 Å². The molecule has 1 aliphatic rings. The zero-order valence-corrected chi connectivity index (χ0v) is 11.4. The molecule has 2 unspecified atom stereocenters. The van der Waals surface area contributed by atoms with Gasteiger partial charge >= 0.3 is 0 Å². The van der Waals surface area contributed by atoms with Gasteiger partial charge in [0.1, 0.15) is 0 Å². The number of aliphatic hydroxyl groups is 1. The Bertz CT molecular complexity index is 459. The molecule has 0 saturated heterocycles. The lowest BCUT2D eigenvalue weighted by atomic mass is 9.97. The maximum absolute atomic E-state index is 12.1. The van der Waals surface area contributed by atoms with E-state index in [1.807, 2.05) is 19.1 Å². The van der Waals surface area contributed by atoms with Crippen LogP contribution in [0.4, 0.5) is 5.69 Å². The van der Waals surface area contributed by atoms with Crippen molar-refractivity contribution in [1.82, 2.24) is 5.32 Å². The fourth-order valence-corrected chi connectivity index (χ4v) is 2.81. The second kappa shape index (κ2) is 6.06. The Balaban J connectivity index is 1.96. The second-order valence-electron chi connectivity index (χ2n) is 5.43. The number of rotatable bonds is 4. The predicted octanol–water partition coefficient (Wildman–Crippen LogP) is 1.72. The number of nitrogens with one attached hydrogen (secondary N) is 1. The van der Waals surface area contributed by atoms with Gasteiger partial charge in [0.15, 0.2) is 0 Å². The van der Waals surface area contributed by atoms with Crippen LogP contribution in [0, 0.1) is 18.8 Å². The van der Waals surface area contributed by atoms with E-state index in [9.17, 15) is 9.90 Å². The molecule has 1 aliphatic carbocycles. The maximum atomic E-state index is 12.1. The van der Waals surface area contributed by atoms with Gasteiger partial charge in [0.2, 0.25) is 0 Å². The van der Waals surface area contributed by atoms with Crippen molar-refractivity contribution >= 4 is 11.6 Å². The van der Waals surface area contributed by atoms with E-state index >= 15 is 0 Å². The molecule has 1 amide bonds. The van der Waals surface area contributed by atoms with Crippen LogP contribution in [0.5, 0.6) is 0 Å². The third kappa shape index (κ3) is 3.26. The Morgan fingerprint density at radius 2 is 2.16 bits per heavy atom. The molecule has 0 spiro atoms. The first-order valence-corrected chi connectivity index (χ1v) is 6.87. The molecule has 0 bridgehead atoms. The topological polar surface area (TPSA) is 75.4 Å². The summed E-state index contributed by atoms with van der Waals surface area (Å²) < 4.78 is 0. The number of hydrogen-bond donors (Lipinski definition) is 3. The van der Waals surface area contributed by atoms with Crippen LogP contribution < -0.4 is 11.1 Å². The van der Waals surface area contributed by atoms with Crippen LogP contribution in [0.15, 0.2) is 18.2 Å². The summed E-state index contributed by atoms with van der Waals surface area (Å²) in [7, 11) is 0. The van der Waals surface area contributed by atoms with Crippen molar-refractivity contribution in [1.29, 1.82) is 0 Å². The monoisotopic (exact) mass is 262 g/mol. The SMILES string of the molecule is Cc1ccc(N)c(C(=O)NCC2CCCC2CO)c1. The number of carbonyl (C=O) groups excluding carboxylic acids is 1. The van der Waals surface area contributed by atoms with Gasteiger partial charge in [-0.2, -0.15) is 0 Å². The summed E-state index contributed by atoms with van der Waals surface area (Å²) in [5.41, 5.74) is 7.90. The number of aliphatic hydroxyl groups excluding tert-OH is 1. The van der Waals surface area contributed by atoms with Crippen LogP contribution in [0.3, 0.4) is 0 Å². The molecule has 0 heterocycles. The fraction of sp³-hybridized carbons (Fsp3) is 0.533. The molecule has 4 N–H and O–H groups in total. The van der Waals surface area contributed by atoms with Gasteiger partial charge in [-0.05, 0) is 43.7 Å². The van der Waals surface area contributed by atoms with Gasteiger partial charge in [0.25, 0.3) is 5.91 Å². The van der Waals surface area contributed by atoms with Gasteiger partial charge in [0, 0.05) is 18.8 Å². The van der Waals surface area contributed by atoms with Crippen LogP contribution in [0.2, 0.25) is 0 Å². The highest BCUT2D eigenvalue weighted by Gasteiger charge is 2.26. The molecular formula is C15H22N2O2. The van der Waals surface area contributed by atoms with Gasteiger partial charge in [-0.25, -0.2) is 0 Å². The predicted molar refractivity (Wildman–Crippen MR) is 75.8 cm³/mol. The van der Waals surface area contributed by atoms with Crippen molar-refractivity contribution in [3.63, 3.8) is 0 Å². The normalized spacial score (nSPS) is 22.4. The third-order valence-electron chi connectivity index (χ3n) is 4.03. The van der Waals surface area contributed by atoms with E-state index in [1.165, 1.54) is 0 Å². The Labute approximate surface area is 114 Å². The van der Waals surface area contributed by atoms with Crippen molar-refractivity contribution in [2.75, 3.05) is 18.9 Å². The molecule has 0 radical (unpaired) electrons. The standard InChI is InChI=1S/C15H22N2O2/c1-10-5-6-14(16)13(7-10)15(19)17-8-11-3-2-4-12(11)9-18/h5-7,11-12,18H,2-4,8-9,16H2,1H3,(H,17,19). The molecule has 0 aromatic heterocycles. The van der Waals surface area contributed by atoms with Crippen molar-refractivity contribution in [3.05, 3.63) is 29.3 Å². The Hall–Kier alpha value is -1.55. The number of amides is 1. The highest BCUT2D eigenvalue weighted by atomic mass is 16.3. The van der Waals surface area contributed by atoms with Crippen LogP contribution in [-0.2, 0) is 0 Å². The third-order valence-corrected chi connectivity index (χ3v) is 4.03. The van der Waals surface area contributed by atoms with E-state index < -0.39 is 0 Å². The molecule has 1 fully saturated rings. The average Bonchev–Trinajstić information content (AvgIpc) is 2.86. The van der Waals surface area contributed by atoms with Crippen LogP contribution in [-0.4, -0.2) is 24.2 Å². The zero-order valence-electron chi connectivity index (χ0n) is 11.4. The minimum absolute atomic E-state index is 0.121. The number of hydrogen-bond acceptors (Lipinski definition) is 3. The minimum Gasteiger partial charge on any atom is -0.398 e. The van der Waals surface area contributed by atoms with Gasteiger partial charge in [0.05, 0.1) is 5.56 Å². The number of nitrogens with two attached hydrogens (primary N) is 1. The summed E-state index contributed by atoms with van der Waals surface area (Å²) in [6.45, 7) is 2.78. The van der Waals surface area contributed by atoms with Crippen LogP contribution in [0.25, 0.3) is 0 Å². The number of anilines is 1. The van der Waals surface area contributed by atoms with E-state index in [2.05, 4.69) is 5.32 Å². The summed E-state index contributed by atoms with van der Waals surface area (Å²) in [6.07, 6.45) is 3.27. The summed E-state index contributed by atoms with van der Waals surface area (Å²) in [6, 6.07) is 5.46. The highest BCUT2D eigenvalue weighted by Crippen LogP contribution is 2.30. The lowest BCUT2D eigenvalue weighted by Gasteiger charge is -2.18. The van der Waals surface area contributed by atoms with E-state index in [-0.39, 0.29) is 12.5 Å². The number of carbonyl (C=O) groups is 1. The number of benzene rings is 1. The number of aryl methyl sites for hydroxylation is 1. The number of nitrogen functional groups attached to an aromatic ring is 1. The molecule has 1 saturated carbocycles. The fourth-order valence-electron chi connectivity index (χ4n) is 2.81.